The predicted molar refractivity (Wildman–Crippen MR) is 75.7 cm³/mol. The third-order valence-corrected chi connectivity index (χ3v) is 2.92. The Morgan fingerprint density at radius 1 is 1.38 bits per heavy atom. The van der Waals surface area contributed by atoms with Gasteiger partial charge in [0.2, 0.25) is 0 Å². The van der Waals surface area contributed by atoms with E-state index in [0.717, 1.165) is 0 Å². The van der Waals surface area contributed by atoms with E-state index in [9.17, 15) is 4.79 Å². The molecule has 2 rings (SSSR count). The number of carbonyl (C=O) groups excluding carboxylic acids is 1. The molecule has 0 aliphatic carbocycles. The maximum Gasteiger partial charge on any atom is 0.264 e. The molecular formula is C15H18N2O4. The van der Waals surface area contributed by atoms with Crippen molar-refractivity contribution < 1.29 is 18.8 Å². The number of benzene rings is 1. The van der Waals surface area contributed by atoms with Crippen LogP contribution in [-0.2, 0) is 6.61 Å². The molecule has 0 fully saturated rings. The molecule has 21 heavy (non-hydrogen) atoms. The molecule has 0 spiro atoms. The lowest BCUT2D eigenvalue weighted by atomic mass is 10.1. The highest BCUT2D eigenvalue weighted by Gasteiger charge is 2.13. The van der Waals surface area contributed by atoms with Crippen LogP contribution in [0.25, 0.3) is 0 Å². The minimum absolute atomic E-state index is 0.0824. The lowest BCUT2D eigenvalue weighted by Gasteiger charge is -2.09. The summed E-state index contributed by atoms with van der Waals surface area (Å²) in [6, 6.07) is 5.05. The molecule has 0 radical (unpaired) electrons. The Morgan fingerprint density at radius 3 is 2.71 bits per heavy atom. The summed E-state index contributed by atoms with van der Waals surface area (Å²) in [5.74, 6) is 2.16. The minimum atomic E-state index is -0.0824. The van der Waals surface area contributed by atoms with Crippen LogP contribution >= 0.6 is 0 Å². The number of rotatable bonds is 6. The largest absolute Gasteiger partial charge is 0.497 e. The van der Waals surface area contributed by atoms with Gasteiger partial charge in [-0.25, -0.2) is 0 Å². The van der Waals surface area contributed by atoms with Crippen LogP contribution in [0.15, 0.2) is 22.7 Å². The van der Waals surface area contributed by atoms with E-state index in [-0.39, 0.29) is 18.3 Å². The highest BCUT2D eigenvalue weighted by molar-refractivity contribution is 5.97. The van der Waals surface area contributed by atoms with Gasteiger partial charge in [-0.2, -0.15) is 4.98 Å². The number of hydrogen-bond acceptors (Lipinski definition) is 6. The van der Waals surface area contributed by atoms with Crippen LogP contribution in [-0.4, -0.2) is 23.0 Å². The van der Waals surface area contributed by atoms with Gasteiger partial charge in [0.1, 0.15) is 11.5 Å². The molecule has 0 aliphatic rings. The Bertz CT molecular complexity index is 634. The molecule has 1 aromatic heterocycles. The maximum absolute atomic E-state index is 11.6. The second-order valence-electron chi connectivity index (χ2n) is 4.91. The van der Waals surface area contributed by atoms with Gasteiger partial charge in [-0.15, -0.1) is 0 Å². The highest BCUT2D eigenvalue weighted by atomic mass is 16.5. The van der Waals surface area contributed by atoms with Crippen molar-refractivity contribution in [1.29, 1.82) is 0 Å². The number of nitrogens with zero attached hydrogens (tertiary/aromatic N) is 2. The number of hydrogen-bond donors (Lipinski definition) is 0. The quantitative estimate of drug-likeness (QED) is 0.761. The SMILES string of the molecule is COc1ccc(C(C)=O)c(OCc2nc(C(C)C)no2)c1. The van der Waals surface area contributed by atoms with Crippen molar-refractivity contribution in [2.24, 2.45) is 0 Å². The lowest BCUT2D eigenvalue weighted by Crippen LogP contribution is -2.02. The van der Waals surface area contributed by atoms with Crippen molar-refractivity contribution in [3.63, 3.8) is 0 Å². The van der Waals surface area contributed by atoms with Gasteiger partial charge in [-0.1, -0.05) is 19.0 Å². The van der Waals surface area contributed by atoms with E-state index in [2.05, 4.69) is 10.1 Å². The average molecular weight is 290 g/mol. The van der Waals surface area contributed by atoms with Gasteiger partial charge in [0.25, 0.3) is 5.89 Å². The van der Waals surface area contributed by atoms with Gasteiger partial charge in [-0.3, -0.25) is 4.79 Å². The summed E-state index contributed by atoms with van der Waals surface area (Å²) in [4.78, 5) is 15.8. The first-order valence-corrected chi connectivity index (χ1v) is 6.65. The highest BCUT2D eigenvalue weighted by Crippen LogP contribution is 2.26. The van der Waals surface area contributed by atoms with Gasteiger partial charge in [-0.05, 0) is 19.1 Å². The average Bonchev–Trinajstić information content (AvgIpc) is 2.93. The molecule has 6 heteroatoms. The minimum Gasteiger partial charge on any atom is -0.497 e. The smallest absolute Gasteiger partial charge is 0.264 e. The van der Waals surface area contributed by atoms with Crippen LogP contribution in [0.1, 0.15) is 48.8 Å². The van der Waals surface area contributed by atoms with Crippen LogP contribution in [0.3, 0.4) is 0 Å². The zero-order valence-corrected chi connectivity index (χ0v) is 12.5. The molecular weight excluding hydrogens is 272 g/mol. The van der Waals surface area contributed by atoms with Crippen molar-refractivity contribution >= 4 is 5.78 Å². The molecule has 0 N–H and O–H groups in total. The van der Waals surface area contributed by atoms with Crippen LogP contribution in [0.4, 0.5) is 0 Å². The molecule has 6 nitrogen and oxygen atoms in total. The second kappa shape index (κ2) is 6.39. The Kier molecular flexibility index (Phi) is 4.57. The first-order chi connectivity index (χ1) is 10.0. The van der Waals surface area contributed by atoms with Gasteiger partial charge in [0.15, 0.2) is 18.2 Å². The molecule has 0 amide bonds. The molecule has 2 aromatic rings. The lowest BCUT2D eigenvalue weighted by molar-refractivity contribution is 0.101. The maximum atomic E-state index is 11.6. The van der Waals surface area contributed by atoms with E-state index in [0.29, 0.717) is 28.8 Å². The molecule has 1 heterocycles. The Labute approximate surface area is 123 Å². The van der Waals surface area contributed by atoms with Crippen LogP contribution in [0.2, 0.25) is 0 Å². The summed E-state index contributed by atoms with van der Waals surface area (Å²) < 4.78 is 15.9. The number of Topliss-reactive ketones (excluding diaryl/α,β-unsaturated/α-hetero) is 1. The summed E-state index contributed by atoms with van der Waals surface area (Å²) in [6.07, 6.45) is 0. The topological polar surface area (TPSA) is 74.5 Å². The fraction of sp³-hybridized carbons (Fsp3) is 0.400. The summed E-state index contributed by atoms with van der Waals surface area (Å²) in [5, 5.41) is 3.86. The van der Waals surface area contributed by atoms with E-state index >= 15 is 0 Å². The molecule has 0 atom stereocenters. The fourth-order valence-corrected chi connectivity index (χ4v) is 1.74. The predicted octanol–water partition coefficient (Wildman–Crippen LogP) is 2.98. The second-order valence-corrected chi connectivity index (χ2v) is 4.91. The monoisotopic (exact) mass is 290 g/mol. The van der Waals surface area contributed by atoms with Crippen molar-refractivity contribution in [3.8, 4) is 11.5 Å². The van der Waals surface area contributed by atoms with Crippen LogP contribution in [0.5, 0.6) is 11.5 Å². The van der Waals surface area contributed by atoms with E-state index < -0.39 is 0 Å². The molecule has 0 bridgehead atoms. The number of aromatic nitrogens is 2. The van der Waals surface area contributed by atoms with E-state index in [1.807, 2.05) is 13.8 Å². The van der Waals surface area contributed by atoms with Gasteiger partial charge in [0, 0.05) is 12.0 Å². The summed E-state index contributed by atoms with van der Waals surface area (Å²) in [6.45, 7) is 5.54. The van der Waals surface area contributed by atoms with Gasteiger partial charge < -0.3 is 14.0 Å². The zero-order valence-electron chi connectivity index (χ0n) is 12.5. The van der Waals surface area contributed by atoms with Crippen LogP contribution in [0, 0.1) is 0 Å². The standard InChI is InChI=1S/C15H18N2O4/c1-9(2)15-16-14(21-17-15)8-20-13-7-11(19-4)5-6-12(13)10(3)18/h5-7,9H,8H2,1-4H3. The molecule has 112 valence electrons. The Hall–Kier alpha value is -2.37. The van der Waals surface area contributed by atoms with Crippen molar-refractivity contribution in [2.75, 3.05) is 7.11 Å². The van der Waals surface area contributed by atoms with Crippen molar-refractivity contribution in [1.82, 2.24) is 10.1 Å². The van der Waals surface area contributed by atoms with E-state index in [4.69, 9.17) is 14.0 Å². The summed E-state index contributed by atoms with van der Waals surface area (Å²) >= 11 is 0. The fourth-order valence-electron chi connectivity index (χ4n) is 1.74. The Morgan fingerprint density at radius 2 is 2.14 bits per heavy atom. The summed E-state index contributed by atoms with van der Waals surface area (Å²) in [7, 11) is 1.56. The Balaban J connectivity index is 2.15. The first kappa shape index (κ1) is 15.0. The molecule has 1 aromatic carbocycles. The summed E-state index contributed by atoms with van der Waals surface area (Å²) in [5.41, 5.74) is 0.486. The third kappa shape index (κ3) is 3.59. The molecule has 0 aliphatic heterocycles. The number of methoxy groups -OCH3 is 1. The van der Waals surface area contributed by atoms with Crippen LogP contribution < -0.4 is 9.47 Å². The normalized spacial score (nSPS) is 10.7. The third-order valence-electron chi connectivity index (χ3n) is 2.92. The number of carbonyl (C=O) groups is 1. The number of ether oxygens (including phenoxy) is 2. The zero-order chi connectivity index (χ0) is 15.4. The molecule has 0 saturated heterocycles. The van der Waals surface area contributed by atoms with Crippen molar-refractivity contribution in [2.45, 2.75) is 33.3 Å². The van der Waals surface area contributed by atoms with Crippen molar-refractivity contribution in [3.05, 3.63) is 35.5 Å². The molecule has 0 saturated carbocycles. The van der Waals surface area contributed by atoms with E-state index in [1.165, 1.54) is 6.92 Å². The van der Waals surface area contributed by atoms with Gasteiger partial charge in [0.05, 0.1) is 12.7 Å². The number of ketones is 1. The molecule has 0 unspecified atom stereocenters. The first-order valence-electron chi connectivity index (χ1n) is 6.65. The van der Waals surface area contributed by atoms with E-state index in [1.54, 1.807) is 25.3 Å². The van der Waals surface area contributed by atoms with Gasteiger partial charge >= 0.3 is 0 Å².